The average molecular weight is 346 g/mol. The summed E-state index contributed by atoms with van der Waals surface area (Å²) in [5.41, 5.74) is 1.16. The van der Waals surface area contributed by atoms with E-state index in [-0.39, 0.29) is 11.9 Å². The normalized spacial score (nSPS) is 20.0. The molecule has 1 aromatic carbocycles. The number of nitrogens with zero attached hydrogens (tertiary/aromatic N) is 3. The molecule has 2 fully saturated rings. The fraction of sp³-hybridized carbons (Fsp3) is 0.500. The van der Waals surface area contributed by atoms with Crippen LogP contribution in [0.3, 0.4) is 0 Å². The molecular weight excluding hydrogens is 326 g/mol. The first-order chi connectivity index (χ1) is 11.7. The molecule has 1 atom stereocenters. The number of halogens is 1. The number of amides is 1. The molecular formula is C18H20ClN3O2. The molecule has 0 spiro atoms. The zero-order chi connectivity index (χ0) is 16.5. The zero-order valence-corrected chi connectivity index (χ0v) is 14.2. The molecule has 126 valence electrons. The second-order valence-electron chi connectivity index (χ2n) is 6.62. The molecule has 6 heteroatoms. The summed E-state index contributed by atoms with van der Waals surface area (Å²) in [4.78, 5) is 18.8. The van der Waals surface area contributed by atoms with Crippen LogP contribution in [-0.2, 0) is 11.2 Å². The van der Waals surface area contributed by atoms with Gasteiger partial charge >= 0.3 is 0 Å². The van der Waals surface area contributed by atoms with Gasteiger partial charge in [-0.05, 0) is 43.4 Å². The highest BCUT2D eigenvalue weighted by Crippen LogP contribution is 2.38. The lowest BCUT2D eigenvalue weighted by molar-refractivity contribution is -0.139. The van der Waals surface area contributed by atoms with Gasteiger partial charge in [0.2, 0.25) is 11.8 Å². The maximum atomic E-state index is 12.4. The van der Waals surface area contributed by atoms with Crippen LogP contribution in [0.4, 0.5) is 0 Å². The Labute approximate surface area is 146 Å². The molecule has 1 aliphatic carbocycles. The van der Waals surface area contributed by atoms with Crippen LogP contribution in [0.15, 0.2) is 28.8 Å². The number of rotatable bonds is 6. The van der Waals surface area contributed by atoms with Crippen LogP contribution < -0.4 is 0 Å². The second-order valence-corrected chi connectivity index (χ2v) is 7.05. The van der Waals surface area contributed by atoms with Gasteiger partial charge in [-0.15, -0.1) is 0 Å². The lowest BCUT2D eigenvalue weighted by Gasteiger charge is -2.41. The van der Waals surface area contributed by atoms with Gasteiger partial charge in [-0.3, -0.25) is 4.79 Å². The van der Waals surface area contributed by atoms with E-state index in [1.54, 1.807) is 0 Å². The monoisotopic (exact) mass is 345 g/mol. The molecule has 2 aliphatic rings. The standard InChI is InChI=1S/C18H20ClN3O2/c19-14-8-6-12(7-9-14)15-10-11-22(15)17(23)3-1-2-16-20-18(21-24-16)13-4-5-13/h6-9,13,15H,1-5,10-11H2/t15-/m0/s1. The second kappa shape index (κ2) is 6.55. The van der Waals surface area contributed by atoms with Gasteiger partial charge < -0.3 is 9.42 Å². The van der Waals surface area contributed by atoms with Crippen LogP contribution in [0.1, 0.15) is 61.3 Å². The van der Waals surface area contributed by atoms with Crippen molar-refractivity contribution in [3.63, 3.8) is 0 Å². The number of aromatic nitrogens is 2. The van der Waals surface area contributed by atoms with Gasteiger partial charge in [0.1, 0.15) is 0 Å². The average Bonchev–Trinajstić information content (AvgIpc) is 3.28. The van der Waals surface area contributed by atoms with Crippen molar-refractivity contribution >= 4 is 17.5 Å². The minimum absolute atomic E-state index is 0.194. The summed E-state index contributed by atoms with van der Waals surface area (Å²) in [6, 6.07) is 7.96. The fourth-order valence-electron chi connectivity index (χ4n) is 3.13. The Balaban J connectivity index is 1.27. The fourth-order valence-corrected chi connectivity index (χ4v) is 3.25. The third-order valence-corrected chi connectivity index (χ3v) is 5.05. The maximum Gasteiger partial charge on any atom is 0.226 e. The zero-order valence-electron chi connectivity index (χ0n) is 13.4. The third kappa shape index (κ3) is 3.31. The van der Waals surface area contributed by atoms with E-state index in [1.165, 1.54) is 12.8 Å². The molecule has 1 aliphatic heterocycles. The highest BCUT2D eigenvalue weighted by atomic mass is 35.5. The molecule has 5 nitrogen and oxygen atoms in total. The van der Waals surface area contributed by atoms with Gasteiger partial charge in [-0.1, -0.05) is 28.9 Å². The van der Waals surface area contributed by atoms with E-state index in [9.17, 15) is 4.79 Å². The molecule has 1 amide bonds. The first-order valence-electron chi connectivity index (χ1n) is 8.58. The van der Waals surface area contributed by atoms with E-state index >= 15 is 0 Å². The van der Waals surface area contributed by atoms with E-state index in [0.29, 0.717) is 24.7 Å². The molecule has 0 radical (unpaired) electrons. The Morgan fingerprint density at radius 3 is 2.71 bits per heavy atom. The predicted octanol–water partition coefficient (Wildman–Crippen LogP) is 3.90. The quantitative estimate of drug-likeness (QED) is 0.796. The molecule has 2 aromatic rings. The first kappa shape index (κ1) is 15.6. The Kier molecular flexibility index (Phi) is 4.27. The topological polar surface area (TPSA) is 59.2 Å². The van der Waals surface area contributed by atoms with E-state index < -0.39 is 0 Å². The lowest BCUT2D eigenvalue weighted by Crippen LogP contribution is -2.45. The van der Waals surface area contributed by atoms with Crippen molar-refractivity contribution in [2.24, 2.45) is 0 Å². The third-order valence-electron chi connectivity index (χ3n) is 4.80. The van der Waals surface area contributed by atoms with Gasteiger partial charge in [0.05, 0.1) is 6.04 Å². The van der Waals surface area contributed by atoms with Gasteiger partial charge in [-0.2, -0.15) is 4.98 Å². The summed E-state index contributed by atoms with van der Waals surface area (Å²) in [5.74, 6) is 2.19. The Bertz CT molecular complexity index is 724. The summed E-state index contributed by atoms with van der Waals surface area (Å²) < 4.78 is 5.25. The number of carbonyl (C=O) groups excluding carboxylic acids is 1. The molecule has 1 saturated heterocycles. The number of hydrogen-bond acceptors (Lipinski definition) is 4. The minimum atomic E-state index is 0.194. The van der Waals surface area contributed by atoms with Crippen LogP contribution in [0, 0.1) is 0 Å². The largest absolute Gasteiger partial charge is 0.339 e. The van der Waals surface area contributed by atoms with E-state index in [4.69, 9.17) is 16.1 Å². The van der Waals surface area contributed by atoms with Gasteiger partial charge in [0, 0.05) is 30.3 Å². The highest BCUT2D eigenvalue weighted by molar-refractivity contribution is 6.30. The number of hydrogen-bond donors (Lipinski definition) is 0. The molecule has 1 aromatic heterocycles. The van der Waals surface area contributed by atoms with Gasteiger partial charge in [-0.25, -0.2) is 0 Å². The van der Waals surface area contributed by atoms with E-state index in [2.05, 4.69) is 10.1 Å². The number of likely N-dealkylation sites (tertiary alicyclic amines) is 1. The highest BCUT2D eigenvalue weighted by Gasteiger charge is 2.33. The first-order valence-corrected chi connectivity index (χ1v) is 8.96. The number of carbonyl (C=O) groups is 1. The minimum Gasteiger partial charge on any atom is -0.339 e. The van der Waals surface area contributed by atoms with Crippen LogP contribution >= 0.6 is 11.6 Å². The van der Waals surface area contributed by atoms with Crippen molar-refractivity contribution in [3.05, 3.63) is 46.6 Å². The van der Waals surface area contributed by atoms with Gasteiger partial charge in [0.15, 0.2) is 5.82 Å². The van der Waals surface area contributed by atoms with Crippen molar-refractivity contribution in [3.8, 4) is 0 Å². The molecule has 2 heterocycles. The molecule has 0 N–H and O–H groups in total. The molecule has 24 heavy (non-hydrogen) atoms. The maximum absolute atomic E-state index is 12.4. The summed E-state index contributed by atoms with van der Waals surface area (Å²) >= 11 is 5.93. The van der Waals surface area contributed by atoms with E-state index in [1.807, 2.05) is 29.2 Å². The van der Waals surface area contributed by atoms with Crippen LogP contribution in [-0.4, -0.2) is 27.5 Å². The van der Waals surface area contributed by atoms with Crippen LogP contribution in [0.2, 0.25) is 5.02 Å². The summed E-state index contributed by atoms with van der Waals surface area (Å²) in [7, 11) is 0. The Hall–Kier alpha value is -1.88. The summed E-state index contributed by atoms with van der Waals surface area (Å²) in [5, 5.41) is 4.73. The van der Waals surface area contributed by atoms with E-state index in [0.717, 1.165) is 35.8 Å². The SMILES string of the molecule is O=C(CCCc1nc(C2CC2)no1)N1CC[C@H]1c1ccc(Cl)cc1. The lowest BCUT2D eigenvalue weighted by atomic mass is 9.94. The molecule has 0 bridgehead atoms. The molecule has 0 unspecified atom stereocenters. The van der Waals surface area contributed by atoms with Crippen molar-refractivity contribution in [2.45, 2.75) is 50.5 Å². The van der Waals surface area contributed by atoms with Crippen LogP contribution in [0.25, 0.3) is 0 Å². The van der Waals surface area contributed by atoms with Crippen molar-refractivity contribution < 1.29 is 9.32 Å². The van der Waals surface area contributed by atoms with Crippen LogP contribution in [0.5, 0.6) is 0 Å². The molecule has 1 saturated carbocycles. The predicted molar refractivity (Wildman–Crippen MR) is 89.7 cm³/mol. The summed E-state index contributed by atoms with van der Waals surface area (Å²) in [6.45, 7) is 0.832. The summed E-state index contributed by atoms with van der Waals surface area (Å²) in [6.07, 6.45) is 5.28. The van der Waals surface area contributed by atoms with Crippen molar-refractivity contribution in [2.75, 3.05) is 6.54 Å². The Morgan fingerprint density at radius 2 is 2.04 bits per heavy atom. The van der Waals surface area contributed by atoms with Gasteiger partial charge in [0.25, 0.3) is 0 Å². The van der Waals surface area contributed by atoms with Crippen molar-refractivity contribution in [1.29, 1.82) is 0 Å². The number of benzene rings is 1. The smallest absolute Gasteiger partial charge is 0.226 e. The van der Waals surface area contributed by atoms with Crippen molar-refractivity contribution in [1.82, 2.24) is 15.0 Å². The molecule has 4 rings (SSSR count). The number of aryl methyl sites for hydroxylation is 1. The Morgan fingerprint density at radius 1 is 1.25 bits per heavy atom.